The fraction of sp³-hybridized carbons (Fsp3) is 0.857. The van der Waals surface area contributed by atoms with Gasteiger partial charge in [0.2, 0.25) is 5.91 Å². The van der Waals surface area contributed by atoms with Gasteiger partial charge in [-0.15, -0.1) is 0 Å². The summed E-state index contributed by atoms with van der Waals surface area (Å²) >= 11 is 5.18. The molecule has 1 saturated heterocycles. The number of carbonyl (C=O) groups is 1. The van der Waals surface area contributed by atoms with Gasteiger partial charge >= 0.3 is 0 Å². The molecule has 0 radical (unpaired) electrons. The Kier molecular flexibility index (Phi) is 6.69. The zero-order chi connectivity index (χ0) is 14.2. The molecule has 1 aliphatic heterocycles. The second-order valence-corrected chi connectivity index (χ2v) is 5.94. The van der Waals surface area contributed by atoms with Gasteiger partial charge in [0.05, 0.1) is 13.2 Å². The van der Waals surface area contributed by atoms with Crippen LogP contribution < -0.4 is 10.6 Å². The van der Waals surface area contributed by atoms with Gasteiger partial charge in [-0.1, -0.05) is 19.3 Å². The van der Waals surface area contributed by atoms with Crippen LogP contribution >= 0.6 is 12.2 Å². The zero-order valence-corrected chi connectivity index (χ0v) is 12.8. The van der Waals surface area contributed by atoms with E-state index in [0.29, 0.717) is 5.11 Å². The number of amides is 1. The number of carbonyl (C=O) groups excluding carboxylic acids is 1. The molecule has 1 amide bonds. The fourth-order valence-electron chi connectivity index (χ4n) is 2.78. The van der Waals surface area contributed by atoms with Gasteiger partial charge in [-0.2, -0.15) is 0 Å². The molecule has 0 spiro atoms. The van der Waals surface area contributed by atoms with E-state index >= 15 is 0 Å². The Bertz CT molecular complexity index is 326. The van der Waals surface area contributed by atoms with Gasteiger partial charge in [-0.25, -0.2) is 0 Å². The van der Waals surface area contributed by atoms with Gasteiger partial charge in [-0.05, 0) is 25.1 Å². The molecular formula is C14H25N3O2S. The number of nitrogens with zero attached hydrogens (tertiary/aromatic N) is 1. The van der Waals surface area contributed by atoms with E-state index in [2.05, 4.69) is 15.5 Å². The zero-order valence-electron chi connectivity index (χ0n) is 12.0. The van der Waals surface area contributed by atoms with E-state index in [9.17, 15) is 4.79 Å². The van der Waals surface area contributed by atoms with E-state index in [0.717, 1.165) is 65.1 Å². The first kappa shape index (κ1) is 15.7. The molecule has 0 aromatic rings. The first-order valence-electron chi connectivity index (χ1n) is 7.64. The van der Waals surface area contributed by atoms with Crippen molar-refractivity contribution < 1.29 is 9.53 Å². The minimum Gasteiger partial charge on any atom is -0.379 e. The van der Waals surface area contributed by atoms with Crippen molar-refractivity contribution >= 4 is 23.2 Å². The molecule has 114 valence electrons. The normalized spacial score (nSPS) is 21.4. The Morgan fingerprint density at radius 1 is 1.20 bits per heavy atom. The Balaban J connectivity index is 1.58. The Morgan fingerprint density at radius 2 is 1.90 bits per heavy atom. The van der Waals surface area contributed by atoms with Crippen molar-refractivity contribution in [2.75, 3.05) is 39.4 Å². The van der Waals surface area contributed by atoms with Crippen LogP contribution in [0, 0.1) is 5.92 Å². The predicted octanol–water partition coefficient (Wildman–Crippen LogP) is 0.890. The van der Waals surface area contributed by atoms with Crippen LogP contribution in [0.5, 0.6) is 0 Å². The molecule has 20 heavy (non-hydrogen) atoms. The standard InChI is InChI=1S/C14H25N3O2S/c18-13(12-4-2-1-3-5-12)16-14(20)15-6-7-17-8-10-19-11-9-17/h12H,1-11H2,(H2,15,16,18,20). The maximum atomic E-state index is 12.0. The summed E-state index contributed by atoms with van der Waals surface area (Å²) in [6.07, 6.45) is 5.58. The molecule has 6 heteroatoms. The summed E-state index contributed by atoms with van der Waals surface area (Å²) in [5.41, 5.74) is 0. The topological polar surface area (TPSA) is 53.6 Å². The minimum absolute atomic E-state index is 0.0913. The smallest absolute Gasteiger partial charge is 0.229 e. The Morgan fingerprint density at radius 3 is 2.60 bits per heavy atom. The van der Waals surface area contributed by atoms with Crippen LogP contribution in [0.1, 0.15) is 32.1 Å². The molecule has 2 N–H and O–H groups in total. The molecule has 0 bridgehead atoms. The molecule has 5 nitrogen and oxygen atoms in total. The van der Waals surface area contributed by atoms with E-state index < -0.39 is 0 Å². The molecule has 1 saturated carbocycles. The van der Waals surface area contributed by atoms with Crippen LogP contribution in [-0.4, -0.2) is 55.3 Å². The third kappa shape index (κ3) is 5.34. The molecule has 0 atom stereocenters. The predicted molar refractivity (Wildman–Crippen MR) is 82.6 cm³/mol. The van der Waals surface area contributed by atoms with Crippen molar-refractivity contribution in [1.29, 1.82) is 0 Å². The van der Waals surface area contributed by atoms with Crippen molar-refractivity contribution in [2.45, 2.75) is 32.1 Å². The summed E-state index contributed by atoms with van der Waals surface area (Å²) < 4.78 is 5.30. The van der Waals surface area contributed by atoms with Crippen LogP contribution in [0.15, 0.2) is 0 Å². The highest BCUT2D eigenvalue weighted by Gasteiger charge is 2.21. The van der Waals surface area contributed by atoms with Gasteiger partial charge in [-0.3, -0.25) is 9.69 Å². The number of hydrogen-bond donors (Lipinski definition) is 2. The fourth-order valence-corrected chi connectivity index (χ4v) is 2.98. The third-order valence-electron chi connectivity index (χ3n) is 4.03. The summed E-state index contributed by atoms with van der Waals surface area (Å²) in [7, 11) is 0. The summed E-state index contributed by atoms with van der Waals surface area (Å²) in [6.45, 7) is 5.27. The van der Waals surface area contributed by atoms with E-state index in [4.69, 9.17) is 17.0 Å². The largest absolute Gasteiger partial charge is 0.379 e. The molecule has 2 aliphatic rings. The van der Waals surface area contributed by atoms with Gasteiger partial charge < -0.3 is 15.4 Å². The number of morpholine rings is 1. The minimum atomic E-state index is 0.0913. The lowest BCUT2D eigenvalue weighted by molar-refractivity contribution is -0.124. The summed E-state index contributed by atoms with van der Waals surface area (Å²) in [5.74, 6) is 0.247. The van der Waals surface area contributed by atoms with Gasteiger partial charge in [0.25, 0.3) is 0 Å². The van der Waals surface area contributed by atoms with Crippen LogP contribution in [0.2, 0.25) is 0 Å². The lowest BCUT2D eigenvalue weighted by Gasteiger charge is -2.26. The van der Waals surface area contributed by atoms with Crippen LogP contribution in [-0.2, 0) is 9.53 Å². The van der Waals surface area contributed by atoms with Crippen LogP contribution in [0.25, 0.3) is 0 Å². The van der Waals surface area contributed by atoms with Gasteiger partial charge in [0, 0.05) is 32.1 Å². The molecule has 2 fully saturated rings. The third-order valence-corrected chi connectivity index (χ3v) is 4.28. The molecule has 0 aromatic heterocycles. The summed E-state index contributed by atoms with van der Waals surface area (Å²) in [6, 6.07) is 0. The van der Waals surface area contributed by atoms with Gasteiger partial charge in [0.1, 0.15) is 0 Å². The van der Waals surface area contributed by atoms with E-state index in [1.165, 1.54) is 6.42 Å². The van der Waals surface area contributed by atoms with Crippen molar-refractivity contribution in [1.82, 2.24) is 15.5 Å². The molecule has 2 rings (SSSR count). The molecule has 1 heterocycles. The second-order valence-electron chi connectivity index (χ2n) is 5.53. The highest BCUT2D eigenvalue weighted by Crippen LogP contribution is 2.23. The lowest BCUT2D eigenvalue weighted by atomic mass is 9.89. The second kappa shape index (κ2) is 8.54. The quantitative estimate of drug-likeness (QED) is 0.755. The average molecular weight is 299 g/mol. The number of hydrogen-bond acceptors (Lipinski definition) is 4. The first-order valence-corrected chi connectivity index (χ1v) is 8.05. The van der Waals surface area contributed by atoms with Crippen molar-refractivity contribution in [2.24, 2.45) is 5.92 Å². The molecule has 1 aliphatic carbocycles. The SMILES string of the molecule is O=C(NC(=S)NCCN1CCOCC1)C1CCCCC1. The number of thiocarbonyl (C=S) groups is 1. The summed E-state index contributed by atoms with van der Waals surface area (Å²) in [4.78, 5) is 14.3. The van der Waals surface area contributed by atoms with Crippen molar-refractivity contribution in [3.63, 3.8) is 0 Å². The maximum absolute atomic E-state index is 12.0. The number of nitrogens with one attached hydrogen (secondary N) is 2. The highest BCUT2D eigenvalue weighted by atomic mass is 32.1. The van der Waals surface area contributed by atoms with Gasteiger partial charge in [0.15, 0.2) is 5.11 Å². The van der Waals surface area contributed by atoms with E-state index in [1.807, 2.05) is 0 Å². The monoisotopic (exact) mass is 299 g/mol. The number of ether oxygens (including phenoxy) is 1. The van der Waals surface area contributed by atoms with E-state index in [1.54, 1.807) is 0 Å². The molecular weight excluding hydrogens is 274 g/mol. The lowest BCUT2D eigenvalue weighted by Crippen LogP contribution is -2.46. The van der Waals surface area contributed by atoms with E-state index in [-0.39, 0.29) is 11.8 Å². The molecule has 0 aromatic carbocycles. The first-order chi connectivity index (χ1) is 9.75. The Labute approximate surface area is 126 Å². The number of rotatable bonds is 4. The van der Waals surface area contributed by atoms with Crippen LogP contribution in [0.4, 0.5) is 0 Å². The molecule has 0 unspecified atom stereocenters. The summed E-state index contributed by atoms with van der Waals surface area (Å²) in [5, 5.41) is 6.41. The Hall–Kier alpha value is -0.720. The highest BCUT2D eigenvalue weighted by molar-refractivity contribution is 7.80. The van der Waals surface area contributed by atoms with Crippen molar-refractivity contribution in [3.05, 3.63) is 0 Å². The van der Waals surface area contributed by atoms with Crippen molar-refractivity contribution in [3.8, 4) is 0 Å². The van der Waals surface area contributed by atoms with Crippen LogP contribution in [0.3, 0.4) is 0 Å². The average Bonchev–Trinajstić information content (AvgIpc) is 2.49. The maximum Gasteiger partial charge on any atom is 0.229 e.